The van der Waals surface area contributed by atoms with Gasteiger partial charge in [0.15, 0.2) is 0 Å². The van der Waals surface area contributed by atoms with Crippen molar-refractivity contribution in [1.82, 2.24) is 0 Å². The van der Waals surface area contributed by atoms with Gasteiger partial charge in [0.1, 0.15) is 0 Å². The molecule has 1 heteroatoms. The fourth-order valence-electron chi connectivity index (χ4n) is 1.57. The lowest BCUT2D eigenvalue weighted by Gasteiger charge is -2.08. The molecule has 0 N–H and O–H groups in total. The molecule has 14 heavy (non-hydrogen) atoms. The van der Waals surface area contributed by atoms with Gasteiger partial charge in [-0.1, -0.05) is 6.07 Å². The van der Waals surface area contributed by atoms with Crippen molar-refractivity contribution < 1.29 is 0 Å². The number of aryl methyl sites for hydroxylation is 1. The quantitative estimate of drug-likeness (QED) is 0.650. The van der Waals surface area contributed by atoms with Gasteiger partial charge in [-0.15, -0.1) is 11.3 Å². The number of thiophene rings is 1. The van der Waals surface area contributed by atoms with Gasteiger partial charge in [-0.25, -0.2) is 0 Å². The van der Waals surface area contributed by atoms with Gasteiger partial charge in [0.2, 0.25) is 0 Å². The summed E-state index contributed by atoms with van der Waals surface area (Å²) >= 11 is 1.78. The van der Waals surface area contributed by atoms with E-state index in [0.29, 0.717) is 0 Å². The molecule has 2 rings (SSSR count). The van der Waals surface area contributed by atoms with Crippen LogP contribution in [0, 0.1) is 26.8 Å². The molecule has 0 atom stereocenters. The summed E-state index contributed by atoms with van der Waals surface area (Å²) in [4.78, 5) is 1.34. The minimum absolute atomic E-state index is 1.25. The number of hydrogen-bond donors (Lipinski definition) is 0. The Bertz CT molecular complexity index is 439. The van der Waals surface area contributed by atoms with Crippen molar-refractivity contribution in [1.29, 1.82) is 0 Å². The average molecular weight is 201 g/mol. The summed E-state index contributed by atoms with van der Waals surface area (Å²) in [5, 5.41) is 2.12. The van der Waals surface area contributed by atoms with Crippen LogP contribution in [0.3, 0.4) is 0 Å². The molecular weight excluding hydrogens is 188 g/mol. The highest BCUT2D eigenvalue weighted by atomic mass is 32.1. The van der Waals surface area contributed by atoms with Gasteiger partial charge in [0, 0.05) is 4.88 Å². The normalized spacial score (nSPS) is 10.5. The van der Waals surface area contributed by atoms with Crippen molar-refractivity contribution in [3.8, 4) is 10.4 Å². The van der Waals surface area contributed by atoms with Crippen molar-refractivity contribution in [3.63, 3.8) is 0 Å². The van der Waals surface area contributed by atoms with Crippen LogP contribution in [0.4, 0.5) is 0 Å². The Balaban J connectivity index is 2.61. The van der Waals surface area contributed by atoms with Gasteiger partial charge < -0.3 is 0 Å². The summed E-state index contributed by atoms with van der Waals surface area (Å²) in [5.41, 5.74) is 5.31. The van der Waals surface area contributed by atoms with Gasteiger partial charge in [-0.3, -0.25) is 0 Å². The fraction of sp³-hybridized carbons (Fsp3) is 0.231. The van der Waals surface area contributed by atoms with Crippen LogP contribution in [0.1, 0.15) is 16.7 Å². The monoisotopic (exact) mass is 201 g/mol. The summed E-state index contributed by atoms with van der Waals surface area (Å²) in [6.07, 6.45) is 0. The number of benzene rings is 1. The second-order valence-electron chi connectivity index (χ2n) is 3.55. The molecule has 0 aliphatic rings. The Morgan fingerprint density at radius 2 is 1.93 bits per heavy atom. The first-order chi connectivity index (χ1) is 6.70. The topological polar surface area (TPSA) is 0 Å². The molecule has 1 aromatic carbocycles. The van der Waals surface area contributed by atoms with Crippen LogP contribution in [-0.4, -0.2) is 0 Å². The molecule has 71 valence electrons. The van der Waals surface area contributed by atoms with Crippen LogP contribution in [-0.2, 0) is 0 Å². The maximum absolute atomic E-state index is 3.30. The van der Waals surface area contributed by atoms with E-state index in [9.17, 15) is 0 Å². The van der Waals surface area contributed by atoms with Gasteiger partial charge in [-0.2, -0.15) is 0 Å². The zero-order valence-corrected chi connectivity index (χ0v) is 9.53. The first kappa shape index (κ1) is 9.47. The van der Waals surface area contributed by atoms with Crippen molar-refractivity contribution in [2.45, 2.75) is 20.8 Å². The van der Waals surface area contributed by atoms with Crippen LogP contribution in [0.15, 0.2) is 23.6 Å². The van der Waals surface area contributed by atoms with Crippen molar-refractivity contribution in [3.05, 3.63) is 46.3 Å². The lowest BCUT2D eigenvalue weighted by molar-refractivity contribution is 1.27. The van der Waals surface area contributed by atoms with Gasteiger partial charge >= 0.3 is 0 Å². The Morgan fingerprint density at radius 3 is 2.57 bits per heavy atom. The highest BCUT2D eigenvalue weighted by Crippen LogP contribution is 2.30. The zero-order chi connectivity index (χ0) is 10.1. The molecule has 2 aromatic rings. The molecule has 1 radical (unpaired) electrons. The van der Waals surface area contributed by atoms with E-state index in [1.165, 1.54) is 27.1 Å². The Morgan fingerprint density at radius 1 is 1.14 bits per heavy atom. The molecule has 1 aromatic heterocycles. The second-order valence-corrected chi connectivity index (χ2v) is 4.50. The predicted molar refractivity (Wildman–Crippen MR) is 62.8 cm³/mol. The molecule has 0 aliphatic heterocycles. The first-order valence-corrected chi connectivity index (χ1v) is 5.60. The highest BCUT2D eigenvalue weighted by molar-refractivity contribution is 7.13. The van der Waals surface area contributed by atoms with E-state index in [1.807, 2.05) is 0 Å². The minimum atomic E-state index is 1.25. The molecule has 0 aliphatic carbocycles. The summed E-state index contributed by atoms with van der Waals surface area (Å²) in [7, 11) is 0. The van der Waals surface area contributed by atoms with Gasteiger partial charge in [0.25, 0.3) is 0 Å². The molecular formula is C13H13S. The molecule has 0 bridgehead atoms. The highest BCUT2D eigenvalue weighted by Gasteiger charge is 2.06. The summed E-state index contributed by atoms with van der Waals surface area (Å²) < 4.78 is 0. The first-order valence-electron chi connectivity index (χ1n) is 4.72. The molecule has 0 saturated carbocycles. The van der Waals surface area contributed by atoms with E-state index in [0.717, 1.165) is 0 Å². The van der Waals surface area contributed by atoms with E-state index in [4.69, 9.17) is 0 Å². The standard InChI is InChI=1S/C13H13S/c1-9-6-7-12(11(3)10(9)2)13-5-4-8-14-13/h4-5,7-8H,1-3H3. The van der Waals surface area contributed by atoms with Crippen LogP contribution in [0.5, 0.6) is 0 Å². The van der Waals surface area contributed by atoms with Crippen LogP contribution >= 0.6 is 11.3 Å². The zero-order valence-electron chi connectivity index (χ0n) is 8.72. The van der Waals surface area contributed by atoms with Crippen molar-refractivity contribution in [2.75, 3.05) is 0 Å². The van der Waals surface area contributed by atoms with E-state index in [-0.39, 0.29) is 0 Å². The maximum atomic E-state index is 3.30. The smallest absolute Gasteiger partial charge is 0.0345 e. The summed E-state index contributed by atoms with van der Waals surface area (Å²) in [5.74, 6) is 0. The summed E-state index contributed by atoms with van der Waals surface area (Å²) in [6, 6.07) is 9.66. The third-order valence-corrected chi connectivity index (χ3v) is 3.65. The Hall–Kier alpha value is -1.08. The van der Waals surface area contributed by atoms with Crippen molar-refractivity contribution in [2.24, 2.45) is 0 Å². The predicted octanol–water partition coefficient (Wildman–Crippen LogP) is 4.14. The molecule has 0 nitrogen and oxygen atoms in total. The number of hydrogen-bond acceptors (Lipinski definition) is 1. The molecule has 0 saturated heterocycles. The minimum Gasteiger partial charge on any atom is -0.144 e. The molecule has 0 spiro atoms. The third-order valence-electron chi connectivity index (χ3n) is 2.75. The lowest BCUT2D eigenvalue weighted by Crippen LogP contribution is -1.89. The summed E-state index contributed by atoms with van der Waals surface area (Å²) in [6.45, 7) is 6.46. The average Bonchev–Trinajstić information content (AvgIpc) is 2.67. The molecule has 0 fully saturated rings. The Kier molecular flexibility index (Phi) is 2.42. The number of rotatable bonds is 1. The fourth-order valence-corrected chi connectivity index (χ4v) is 2.37. The maximum Gasteiger partial charge on any atom is 0.0345 e. The SMILES string of the molecule is Cc1[c]cc(-c2cccs2)c(C)c1C. The lowest BCUT2D eigenvalue weighted by atomic mass is 9.98. The van der Waals surface area contributed by atoms with E-state index < -0.39 is 0 Å². The second kappa shape index (κ2) is 3.58. The van der Waals surface area contributed by atoms with E-state index in [1.54, 1.807) is 11.3 Å². The van der Waals surface area contributed by atoms with Gasteiger partial charge in [0.05, 0.1) is 0 Å². The Labute approximate surface area is 89.2 Å². The van der Waals surface area contributed by atoms with Crippen LogP contribution in [0.25, 0.3) is 10.4 Å². The van der Waals surface area contributed by atoms with Crippen LogP contribution in [0.2, 0.25) is 0 Å². The van der Waals surface area contributed by atoms with Gasteiger partial charge in [-0.05, 0) is 66.6 Å². The largest absolute Gasteiger partial charge is 0.144 e. The molecule has 1 heterocycles. The third kappa shape index (κ3) is 1.48. The molecule has 0 unspecified atom stereocenters. The van der Waals surface area contributed by atoms with E-state index in [2.05, 4.69) is 50.4 Å². The van der Waals surface area contributed by atoms with E-state index >= 15 is 0 Å². The molecule has 0 amide bonds. The van der Waals surface area contributed by atoms with Crippen molar-refractivity contribution >= 4 is 11.3 Å². The van der Waals surface area contributed by atoms with Crippen LogP contribution < -0.4 is 0 Å².